The van der Waals surface area contributed by atoms with Crippen molar-refractivity contribution >= 4 is 5.91 Å². The molecule has 2 N–H and O–H groups in total. The van der Waals surface area contributed by atoms with Gasteiger partial charge in [0.15, 0.2) is 0 Å². The highest BCUT2D eigenvalue weighted by Crippen LogP contribution is 2.45. The fraction of sp³-hybridized carbons (Fsp3) is 0.462. The third-order valence-corrected chi connectivity index (χ3v) is 3.67. The van der Waals surface area contributed by atoms with Crippen LogP contribution in [0.3, 0.4) is 0 Å². The Morgan fingerprint density at radius 3 is 2.62 bits per heavy atom. The Balaban J connectivity index is 1.71. The summed E-state index contributed by atoms with van der Waals surface area (Å²) in [4.78, 5) is 13.7. The molecule has 3 atom stereocenters. The molecule has 1 aliphatic heterocycles. The molecule has 0 radical (unpaired) electrons. The molecule has 3 unspecified atom stereocenters. The first-order valence-electron chi connectivity index (χ1n) is 5.88. The van der Waals surface area contributed by atoms with Gasteiger partial charge in [0.05, 0.1) is 6.04 Å². The predicted molar refractivity (Wildman–Crippen MR) is 61.9 cm³/mol. The molecule has 1 amide bonds. The fourth-order valence-corrected chi connectivity index (χ4v) is 2.64. The molecule has 1 aromatic rings. The molecule has 1 heterocycles. The largest absolute Gasteiger partial charge is 0.338 e. The monoisotopic (exact) mass is 216 g/mol. The van der Waals surface area contributed by atoms with E-state index < -0.39 is 0 Å². The van der Waals surface area contributed by atoms with E-state index >= 15 is 0 Å². The molecule has 1 aliphatic carbocycles. The zero-order valence-corrected chi connectivity index (χ0v) is 9.17. The minimum Gasteiger partial charge on any atom is -0.338 e. The van der Waals surface area contributed by atoms with E-state index in [1.165, 1.54) is 5.56 Å². The van der Waals surface area contributed by atoms with Crippen LogP contribution in [0.15, 0.2) is 30.3 Å². The van der Waals surface area contributed by atoms with Crippen LogP contribution >= 0.6 is 0 Å². The third kappa shape index (κ3) is 1.52. The van der Waals surface area contributed by atoms with Crippen LogP contribution in [0.5, 0.6) is 0 Å². The predicted octanol–water partition coefficient (Wildman–Crippen LogP) is 1.10. The molecule has 3 heteroatoms. The zero-order valence-electron chi connectivity index (χ0n) is 9.17. The molecule has 84 valence electrons. The van der Waals surface area contributed by atoms with E-state index in [1.807, 2.05) is 11.0 Å². The van der Waals surface area contributed by atoms with Gasteiger partial charge in [-0.2, -0.15) is 0 Å². The number of rotatable bonds is 2. The summed E-state index contributed by atoms with van der Waals surface area (Å²) < 4.78 is 0. The molecule has 0 bridgehead atoms. The Labute approximate surface area is 95.2 Å². The van der Waals surface area contributed by atoms with Crippen LogP contribution in [0.2, 0.25) is 0 Å². The highest BCUT2D eigenvalue weighted by molar-refractivity contribution is 5.84. The summed E-state index contributed by atoms with van der Waals surface area (Å²) in [5.41, 5.74) is 7.08. The van der Waals surface area contributed by atoms with Crippen LogP contribution in [0.4, 0.5) is 0 Å². The molecule has 2 fully saturated rings. The van der Waals surface area contributed by atoms with Gasteiger partial charge >= 0.3 is 0 Å². The van der Waals surface area contributed by atoms with Gasteiger partial charge < -0.3 is 10.6 Å². The number of amides is 1. The van der Waals surface area contributed by atoms with Gasteiger partial charge in [-0.05, 0) is 18.4 Å². The SMILES string of the molecule is NC1CCN(C2CC2c2ccccc2)C1=O. The van der Waals surface area contributed by atoms with Crippen molar-refractivity contribution in [3.05, 3.63) is 35.9 Å². The Morgan fingerprint density at radius 1 is 1.25 bits per heavy atom. The van der Waals surface area contributed by atoms with Crippen LogP contribution in [0, 0.1) is 0 Å². The van der Waals surface area contributed by atoms with Gasteiger partial charge in [-0.25, -0.2) is 0 Å². The van der Waals surface area contributed by atoms with Gasteiger partial charge in [0.25, 0.3) is 0 Å². The smallest absolute Gasteiger partial charge is 0.239 e. The number of nitrogens with two attached hydrogens (primary N) is 1. The lowest BCUT2D eigenvalue weighted by atomic mass is 10.1. The van der Waals surface area contributed by atoms with Gasteiger partial charge in [-0.1, -0.05) is 30.3 Å². The number of nitrogens with zero attached hydrogens (tertiary/aromatic N) is 1. The summed E-state index contributed by atoms with van der Waals surface area (Å²) in [7, 11) is 0. The van der Waals surface area contributed by atoms with Crippen LogP contribution in [0.1, 0.15) is 24.3 Å². The molecular weight excluding hydrogens is 200 g/mol. The van der Waals surface area contributed by atoms with Crippen molar-refractivity contribution < 1.29 is 4.79 Å². The summed E-state index contributed by atoms with van der Waals surface area (Å²) in [5, 5.41) is 0. The van der Waals surface area contributed by atoms with Crippen LogP contribution in [0.25, 0.3) is 0 Å². The van der Waals surface area contributed by atoms with Gasteiger partial charge in [-0.3, -0.25) is 4.79 Å². The highest BCUT2D eigenvalue weighted by Gasteiger charge is 2.47. The fourth-order valence-electron chi connectivity index (χ4n) is 2.64. The molecule has 16 heavy (non-hydrogen) atoms. The van der Waals surface area contributed by atoms with Gasteiger partial charge in [0.1, 0.15) is 0 Å². The van der Waals surface area contributed by atoms with Crippen molar-refractivity contribution in [2.24, 2.45) is 5.73 Å². The van der Waals surface area contributed by atoms with Gasteiger partial charge in [-0.15, -0.1) is 0 Å². The molecule has 0 aromatic heterocycles. The molecular formula is C13H16N2O. The first-order chi connectivity index (χ1) is 7.77. The van der Waals surface area contributed by atoms with E-state index in [4.69, 9.17) is 5.73 Å². The maximum Gasteiger partial charge on any atom is 0.239 e. The second-order valence-corrected chi connectivity index (χ2v) is 4.75. The maximum atomic E-state index is 11.8. The Kier molecular flexibility index (Phi) is 2.21. The normalized spacial score (nSPS) is 33.2. The van der Waals surface area contributed by atoms with Crippen molar-refractivity contribution in [1.29, 1.82) is 0 Å². The van der Waals surface area contributed by atoms with Crippen LogP contribution in [-0.4, -0.2) is 29.4 Å². The standard InChI is InChI=1S/C13H16N2O/c14-11-6-7-15(13(11)16)12-8-10(12)9-4-2-1-3-5-9/h1-5,10-12H,6-8,14H2. The van der Waals surface area contributed by atoms with E-state index in [0.29, 0.717) is 12.0 Å². The van der Waals surface area contributed by atoms with Crippen LogP contribution < -0.4 is 5.73 Å². The first-order valence-corrected chi connectivity index (χ1v) is 5.88. The van der Waals surface area contributed by atoms with Crippen LogP contribution in [-0.2, 0) is 4.79 Å². The molecule has 3 rings (SSSR count). The molecule has 1 saturated carbocycles. The van der Waals surface area contributed by atoms with Crippen molar-refractivity contribution in [3.8, 4) is 0 Å². The number of hydrogen-bond donors (Lipinski definition) is 1. The topological polar surface area (TPSA) is 46.3 Å². The van der Waals surface area contributed by atoms with E-state index in [1.54, 1.807) is 0 Å². The molecule has 1 saturated heterocycles. The minimum atomic E-state index is -0.253. The Hall–Kier alpha value is -1.35. The lowest BCUT2D eigenvalue weighted by Gasteiger charge is -2.15. The third-order valence-electron chi connectivity index (χ3n) is 3.67. The highest BCUT2D eigenvalue weighted by atomic mass is 16.2. The van der Waals surface area contributed by atoms with Crippen molar-refractivity contribution in [2.45, 2.75) is 30.8 Å². The van der Waals surface area contributed by atoms with Crippen molar-refractivity contribution in [3.63, 3.8) is 0 Å². The first kappa shape index (κ1) is 9.85. The summed E-state index contributed by atoms with van der Waals surface area (Å²) in [5.74, 6) is 0.680. The summed E-state index contributed by atoms with van der Waals surface area (Å²) in [6, 6.07) is 10.6. The van der Waals surface area contributed by atoms with Crippen molar-refractivity contribution in [2.75, 3.05) is 6.54 Å². The summed E-state index contributed by atoms with van der Waals surface area (Å²) in [6.07, 6.45) is 1.92. The lowest BCUT2D eigenvalue weighted by Crippen LogP contribution is -2.35. The molecule has 3 nitrogen and oxygen atoms in total. The average Bonchev–Trinajstić information content (AvgIpc) is 3.04. The van der Waals surface area contributed by atoms with Gasteiger partial charge in [0.2, 0.25) is 5.91 Å². The Morgan fingerprint density at radius 2 is 2.00 bits per heavy atom. The maximum absolute atomic E-state index is 11.8. The molecule has 1 aromatic carbocycles. The summed E-state index contributed by atoms with van der Waals surface area (Å²) >= 11 is 0. The number of hydrogen-bond acceptors (Lipinski definition) is 2. The number of benzene rings is 1. The average molecular weight is 216 g/mol. The summed E-state index contributed by atoms with van der Waals surface area (Å²) in [6.45, 7) is 0.841. The van der Waals surface area contributed by atoms with E-state index in [9.17, 15) is 4.79 Å². The van der Waals surface area contributed by atoms with E-state index in [2.05, 4.69) is 24.3 Å². The quantitative estimate of drug-likeness (QED) is 0.804. The van der Waals surface area contributed by atoms with Crippen molar-refractivity contribution in [1.82, 2.24) is 4.90 Å². The number of likely N-dealkylation sites (tertiary alicyclic amines) is 1. The molecule has 2 aliphatic rings. The lowest BCUT2D eigenvalue weighted by molar-refractivity contribution is -0.129. The number of carbonyl (C=O) groups excluding carboxylic acids is 1. The zero-order chi connectivity index (χ0) is 11.1. The second kappa shape index (κ2) is 3.59. The Bertz CT molecular complexity index is 404. The van der Waals surface area contributed by atoms with E-state index in [0.717, 1.165) is 19.4 Å². The molecule has 0 spiro atoms. The van der Waals surface area contributed by atoms with Gasteiger partial charge in [0, 0.05) is 18.5 Å². The minimum absolute atomic E-state index is 0.142. The van der Waals surface area contributed by atoms with E-state index in [-0.39, 0.29) is 11.9 Å². The second-order valence-electron chi connectivity index (χ2n) is 4.75. The number of carbonyl (C=O) groups is 1.